The molecular formula is C24H26ClN3O4S. The maximum Gasteiger partial charge on any atom is 0.326 e. The average molecular weight is 488 g/mol. The molecule has 0 spiro atoms. The lowest BCUT2D eigenvalue weighted by molar-refractivity contribution is -0.138. The SMILES string of the molecule is Cc1cc(N2C[C@H](S(=O)(=O)c3ccccc3Cl)C[C@H]2C(=O)O)n(CCCc2ccccc2)n1. The average Bonchev–Trinajstić information content (AvgIpc) is 3.39. The Kier molecular flexibility index (Phi) is 6.76. The molecule has 1 fully saturated rings. The molecule has 7 nitrogen and oxygen atoms in total. The maximum atomic E-state index is 13.3. The van der Waals surface area contributed by atoms with E-state index in [2.05, 4.69) is 17.2 Å². The Bertz CT molecular complexity index is 1240. The van der Waals surface area contributed by atoms with E-state index in [-0.39, 0.29) is 22.9 Å². The van der Waals surface area contributed by atoms with Crippen molar-refractivity contribution in [3.8, 4) is 0 Å². The molecule has 0 bridgehead atoms. The van der Waals surface area contributed by atoms with Crippen molar-refractivity contribution in [1.82, 2.24) is 9.78 Å². The molecule has 33 heavy (non-hydrogen) atoms. The highest BCUT2D eigenvalue weighted by molar-refractivity contribution is 7.92. The van der Waals surface area contributed by atoms with Crippen LogP contribution in [0.4, 0.5) is 5.82 Å². The van der Waals surface area contributed by atoms with Gasteiger partial charge in [0.2, 0.25) is 0 Å². The first-order chi connectivity index (χ1) is 15.8. The van der Waals surface area contributed by atoms with Gasteiger partial charge in [0.1, 0.15) is 11.9 Å². The Morgan fingerprint density at radius 3 is 2.55 bits per heavy atom. The first kappa shape index (κ1) is 23.3. The van der Waals surface area contributed by atoms with Crippen LogP contribution in [0.2, 0.25) is 5.02 Å². The Morgan fingerprint density at radius 1 is 1.15 bits per heavy atom. The van der Waals surface area contributed by atoms with Gasteiger partial charge in [0.05, 0.1) is 20.9 Å². The molecule has 3 aromatic rings. The molecule has 0 aliphatic carbocycles. The van der Waals surface area contributed by atoms with Crippen molar-refractivity contribution in [2.75, 3.05) is 11.4 Å². The molecule has 1 saturated heterocycles. The van der Waals surface area contributed by atoms with Crippen molar-refractivity contribution in [2.45, 2.75) is 48.9 Å². The molecular weight excluding hydrogens is 462 g/mol. The molecule has 0 amide bonds. The molecule has 9 heteroatoms. The van der Waals surface area contributed by atoms with E-state index in [1.54, 1.807) is 21.7 Å². The van der Waals surface area contributed by atoms with E-state index in [0.717, 1.165) is 18.5 Å². The summed E-state index contributed by atoms with van der Waals surface area (Å²) in [5.41, 5.74) is 1.98. The minimum absolute atomic E-state index is 0.0167. The lowest BCUT2D eigenvalue weighted by Crippen LogP contribution is -2.37. The van der Waals surface area contributed by atoms with Crippen LogP contribution in [-0.4, -0.2) is 47.1 Å². The largest absolute Gasteiger partial charge is 0.480 e. The van der Waals surface area contributed by atoms with Crippen molar-refractivity contribution in [1.29, 1.82) is 0 Å². The summed E-state index contributed by atoms with van der Waals surface area (Å²) in [4.78, 5) is 13.8. The summed E-state index contributed by atoms with van der Waals surface area (Å²) >= 11 is 6.15. The van der Waals surface area contributed by atoms with E-state index in [1.165, 1.54) is 17.7 Å². The van der Waals surface area contributed by atoms with Crippen LogP contribution < -0.4 is 4.90 Å². The minimum Gasteiger partial charge on any atom is -0.480 e. The van der Waals surface area contributed by atoms with E-state index in [1.807, 2.05) is 31.2 Å². The van der Waals surface area contributed by atoms with Gasteiger partial charge in [0.15, 0.2) is 9.84 Å². The van der Waals surface area contributed by atoms with Gasteiger partial charge in [0.25, 0.3) is 0 Å². The highest BCUT2D eigenvalue weighted by atomic mass is 35.5. The molecule has 0 saturated carbocycles. The fourth-order valence-corrected chi connectivity index (χ4v) is 6.59. The number of nitrogens with zero attached hydrogens (tertiary/aromatic N) is 3. The maximum absolute atomic E-state index is 13.3. The molecule has 1 aliphatic rings. The van der Waals surface area contributed by atoms with Gasteiger partial charge < -0.3 is 10.0 Å². The molecule has 174 valence electrons. The van der Waals surface area contributed by atoms with Crippen LogP contribution in [0.3, 0.4) is 0 Å². The van der Waals surface area contributed by atoms with Crippen LogP contribution in [-0.2, 0) is 27.6 Å². The highest BCUT2D eigenvalue weighted by Gasteiger charge is 2.45. The molecule has 1 aromatic heterocycles. The van der Waals surface area contributed by atoms with Gasteiger partial charge in [0, 0.05) is 19.2 Å². The lowest BCUT2D eigenvalue weighted by Gasteiger charge is -2.24. The predicted octanol–water partition coefficient (Wildman–Crippen LogP) is 3.98. The molecule has 1 N–H and O–H groups in total. The third-order valence-corrected chi connectivity index (χ3v) is 8.61. The number of benzene rings is 2. The monoisotopic (exact) mass is 487 g/mol. The standard InChI is InChI=1S/C24H26ClN3O4S/c1-17-14-23(28(26-17)13-7-10-18-8-3-2-4-9-18)27-16-19(15-21(27)24(29)30)33(31,32)22-12-6-5-11-20(22)25/h2-6,8-9,11-12,14,19,21H,7,10,13,15-16H2,1H3,(H,29,30)/t19-,21+/m1/s1. The van der Waals surface area contributed by atoms with Crippen molar-refractivity contribution in [3.63, 3.8) is 0 Å². The van der Waals surface area contributed by atoms with Gasteiger partial charge in [-0.1, -0.05) is 54.1 Å². The first-order valence-electron chi connectivity index (χ1n) is 10.8. The van der Waals surface area contributed by atoms with E-state index in [0.29, 0.717) is 12.4 Å². The summed E-state index contributed by atoms with van der Waals surface area (Å²) in [6.45, 7) is 2.51. The van der Waals surface area contributed by atoms with Crippen LogP contribution in [0.1, 0.15) is 24.1 Å². The normalized spacial score (nSPS) is 18.5. The van der Waals surface area contributed by atoms with Crippen LogP contribution in [0.5, 0.6) is 0 Å². The number of sulfone groups is 1. The molecule has 1 aliphatic heterocycles. The van der Waals surface area contributed by atoms with E-state index in [9.17, 15) is 18.3 Å². The second-order valence-electron chi connectivity index (χ2n) is 8.30. The summed E-state index contributed by atoms with van der Waals surface area (Å²) in [6, 6.07) is 17.3. The van der Waals surface area contributed by atoms with Crippen LogP contribution in [0.15, 0.2) is 65.6 Å². The number of hydrogen-bond acceptors (Lipinski definition) is 5. The highest BCUT2D eigenvalue weighted by Crippen LogP contribution is 2.34. The minimum atomic E-state index is -3.80. The Hall–Kier alpha value is -2.84. The fraction of sp³-hybridized carbons (Fsp3) is 0.333. The van der Waals surface area contributed by atoms with Gasteiger partial charge in [-0.05, 0) is 43.9 Å². The first-order valence-corrected chi connectivity index (χ1v) is 12.8. The number of halogens is 1. The van der Waals surface area contributed by atoms with E-state index < -0.39 is 27.1 Å². The quantitative estimate of drug-likeness (QED) is 0.516. The van der Waals surface area contributed by atoms with Gasteiger partial charge in [-0.25, -0.2) is 17.9 Å². The Morgan fingerprint density at radius 2 is 1.85 bits per heavy atom. The zero-order valence-electron chi connectivity index (χ0n) is 18.3. The molecule has 4 rings (SSSR count). The van der Waals surface area contributed by atoms with Crippen LogP contribution in [0, 0.1) is 6.92 Å². The number of carbonyl (C=O) groups is 1. The second kappa shape index (κ2) is 9.57. The molecule has 0 unspecified atom stereocenters. The van der Waals surface area contributed by atoms with Crippen LogP contribution in [0.25, 0.3) is 0 Å². The molecule has 0 radical (unpaired) electrons. The topological polar surface area (TPSA) is 92.5 Å². The van der Waals surface area contributed by atoms with Gasteiger partial charge in [-0.3, -0.25) is 0 Å². The van der Waals surface area contributed by atoms with Gasteiger partial charge in [-0.15, -0.1) is 0 Å². The summed E-state index contributed by atoms with van der Waals surface area (Å²) < 4.78 is 28.4. The number of rotatable bonds is 8. The number of aromatic nitrogens is 2. The molecule has 2 heterocycles. The van der Waals surface area contributed by atoms with Crippen molar-refractivity contribution in [3.05, 3.63) is 76.9 Å². The Balaban J connectivity index is 1.58. The number of carboxylic acid groups (broad SMARTS) is 1. The zero-order valence-corrected chi connectivity index (χ0v) is 19.8. The summed E-state index contributed by atoms with van der Waals surface area (Å²) in [6.07, 6.45) is 1.67. The Labute approximate surface area is 198 Å². The van der Waals surface area contributed by atoms with E-state index >= 15 is 0 Å². The van der Waals surface area contributed by atoms with Crippen LogP contribution >= 0.6 is 11.6 Å². The molecule has 2 aromatic carbocycles. The third-order valence-electron chi connectivity index (χ3n) is 5.98. The summed E-state index contributed by atoms with van der Waals surface area (Å²) in [5.74, 6) is -0.425. The smallest absolute Gasteiger partial charge is 0.326 e. The number of hydrogen-bond donors (Lipinski definition) is 1. The number of anilines is 1. The van der Waals surface area contributed by atoms with Gasteiger partial charge >= 0.3 is 5.97 Å². The molecule has 2 atom stereocenters. The number of aryl methyl sites for hydroxylation is 3. The van der Waals surface area contributed by atoms with E-state index in [4.69, 9.17) is 11.6 Å². The predicted molar refractivity (Wildman–Crippen MR) is 128 cm³/mol. The van der Waals surface area contributed by atoms with Crippen molar-refractivity contribution in [2.24, 2.45) is 0 Å². The second-order valence-corrected chi connectivity index (χ2v) is 10.9. The lowest BCUT2D eigenvalue weighted by atomic mass is 10.1. The summed E-state index contributed by atoms with van der Waals surface area (Å²) in [7, 11) is -3.80. The zero-order chi connectivity index (χ0) is 23.6. The van der Waals surface area contributed by atoms with Crippen molar-refractivity contribution < 1.29 is 18.3 Å². The van der Waals surface area contributed by atoms with Gasteiger partial charge in [-0.2, -0.15) is 5.10 Å². The number of carboxylic acids is 1. The summed E-state index contributed by atoms with van der Waals surface area (Å²) in [5, 5.41) is 13.7. The van der Waals surface area contributed by atoms with Crippen molar-refractivity contribution >= 4 is 33.2 Å². The number of aliphatic carboxylic acids is 1. The third kappa shape index (κ3) is 4.91. The fourth-order valence-electron chi connectivity index (χ4n) is 4.37.